The van der Waals surface area contributed by atoms with Gasteiger partial charge >= 0.3 is 0 Å². The van der Waals surface area contributed by atoms with Crippen molar-refractivity contribution in [3.05, 3.63) is 23.8 Å². The first-order valence-corrected chi connectivity index (χ1v) is 7.85. The highest BCUT2D eigenvalue weighted by Crippen LogP contribution is 2.31. The van der Waals surface area contributed by atoms with E-state index in [2.05, 4.69) is 18.7 Å². The van der Waals surface area contributed by atoms with Gasteiger partial charge in [-0.2, -0.15) is 0 Å². The molecule has 2 atom stereocenters. The maximum absolute atomic E-state index is 12.6. The van der Waals surface area contributed by atoms with Crippen molar-refractivity contribution in [3.8, 4) is 11.5 Å². The van der Waals surface area contributed by atoms with Crippen LogP contribution in [0.2, 0.25) is 0 Å². The first kappa shape index (κ1) is 14.2. The first-order chi connectivity index (χ1) is 10.1. The molecule has 0 radical (unpaired) electrons. The van der Waals surface area contributed by atoms with E-state index in [1.54, 1.807) is 0 Å². The lowest BCUT2D eigenvalue weighted by Crippen LogP contribution is -2.48. The summed E-state index contributed by atoms with van der Waals surface area (Å²) in [4.78, 5) is 14.7. The molecule has 21 heavy (non-hydrogen) atoms. The molecule has 0 N–H and O–H groups in total. The third-order valence-corrected chi connectivity index (χ3v) is 4.44. The Bertz CT molecular complexity index is 519. The van der Waals surface area contributed by atoms with Gasteiger partial charge in [-0.1, -0.05) is 6.07 Å². The average Bonchev–Trinajstić information content (AvgIpc) is 2.47. The Morgan fingerprint density at radius 1 is 1.14 bits per heavy atom. The maximum Gasteiger partial charge on any atom is 0.227 e. The van der Waals surface area contributed by atoms with E-state index >= 15 is 0 Å². The van der Waals surface area contributed by atoms with Crippen molar-refractivity contribution >= 4 is 5.91 Å². The van der Waals surface area contributed by atoms with E-state index in [4.69, 9.17) is 9.47 Å². The highest BCUT2D eigenvalue weighted by Gasteiger charge is 2.28. The summed E-state index contributed by atoms with van der Waals surface area (Å²) in [5, 5.41) is 0. The van der Waals surface area contributed by atoms with Gasteiger partial charge in [-0.15, -0.1) is 0 Å². The first-order valence-electron chi connectivity index (χ1n) is 7.85. The average molecular weight is 289 g/mol. The Hall–Kier alpha value is -1.71. The van der Waals surface area contributed by atoms with Gasteiger partial charge in [-0.05, 0) is 50.8 Å². The number of amides is 1. The number of carbonyl (C=O) groups is 1. The molecule has 1 fully saturated rings. The van der Waals surface area contributed by atoms with Gasteiger partial charge in [-0.3, -0.25) is 4.79 Å². The number of fused-ring (bicyclic) bond motifs is 1. The summed E-state index contributed by atoms with van der Waals surface area (Å²) < 4.78 is 11.1. The van der Waals surface area contributed by atoms with Crippen LogP contribution in [-0.2, 0) is 11.2 Å². The predicted octanol–water partition coefficient (Wildman–Crippen LogP) is 2.79. The monoisotopic (exact) mass is 289 g/mol. The van der Waals surface area contributed by atoms with Crippen molar-refractivity contribution in [2.24, 2.45) is 0 Å². The van der Waals surface area contributed by atoms with Crippen molar-refractivity contribution in [2.75, 3.05) is 13.2 Å². The minimum Gasteiger partial charge on any atom is -0.486 e. The zero-order valence-corrected chi connectivity index (χ0v) is 12.8. The summed E-state index contributed by atoms with van der Waals surface area (Å²) in [6.45, 7) is 5.47. The Labute approximate surface area is 126 Å². The molecule has 1 unspecified atom stereocenters. The zero-order chi connectivity index (χ0) is 14.8. The molecule has 2 heterocycles. The van der Waals surface area contributed by atoms with Crippen molar-refractivity contribution in [1.82, 2.24) is 4.90 Å². The molecule has 0 saturated carbocycles. The quantitative estimate of drug-likeness (QED) is 0.840. The highest BCUT2D eigenvalue weighted by molar-refractivity contribution is 5.79. The van der Waals surface area contributed by atoms with Gasteiger partial charge in [0, 0.05) is 12.1 Å². The molecule has 2 aliphatic heterocycles. The standard InChI is InChI=1S/C17H23NO3/c1-12-4-3-5-13(2)18(12)17(19)11-14-6-7-15-16(10-14)21-9-8-20-15/h6-7,10,12-13H,3-5,8-9,11H2,1-2H3/t12-,13?/m0/s1. The summed E-state index contributed by atoms with van der Waals surface area (Å²) in [6, 6.07) is 6.49. The van der Waals surface area contributed by atoms with Gasteiger partial charge in [0.2, 0.25) is 5.91 Å². The molecular weight excluding hydrogens is 266 g/mol. The van der Waals surface area contributed by atoms with E-state index in [9.17, 15) is 4.79 Å². The summed E-state index contributed by atoms with van der Waals surface area (Å²) >= 11 is 0. The van der Waals surface area contributed by atoms with E-state index in [0.717, 1.165) is 29.9 Å². The van der Waals surface area contributed by atoms with Gasteiger partial charge < -0.3 is 14.4 Å². The normalized spacial score (nSPS) is 24.8. The highest BCUT2D eigenvalue weighted by atomic mass is 16.6. The van der Waals surface area contributed by atoms with Crippen molar-refractivity contribution in [3.63, 3.8) is 0 Å². The lowest BCUT2D eigenvalue weighted by atomic mass is 9.96. The number of ether oxygens (including phenoxy) is 2. The molecule has 2 aliphatic rings. The van der Waals surface area contributed by atoms with Crippen LogP contribution < -0.4 is 9.47 Å². The number of rotatable bonds is 2. The van der Waals surface area contributed by atoms with Crippen molar-refractivity contribution < 1.29 is 14.3 Å². The van der Waals surface area contributed by atoms with Gasteiger partial charge in [0.1, 0.15) is 13.2 Å². The predicted molar refractivity (Wildman–Crippen MR) is 80.8 cm³/mol. The Balaban J connectivity index is 1.72. The number of likely N-dealkylation sites (tertiary alicyclic amines) is 1. The third kappa shape index (κ3) is 2.99. The van der Waals surface area contributed by atoms with Gasteiger partial charge in [0.25, 0.3) is 0 Å². The maximum atomic E-state index is 12.6. The molecule has 1 amide bonds. The van der Waals surface area contributed by atoms with Gasteiger partial charge in [0.05, 0.1) is 6.42 Å². The molecule has 1 saturated heterocycles. The minimum atomic E-state index is 0.214. The van der Waals surface area contributed by atoms with Gasteiger partial charge in [0.15, 0.2) is 11.5 Å². The fourth-order valence-electron chi connectivity index (χ4n) is 3.38. The van der Waals surface area contributed by atoms with Gasteiger partial charge in [-0.25, -0.2) is 0 Å². The van der Waals surface area contributed by atoms with Crippen LogP contribution in [-0.4, -0.2) is 36.1 Å². The van der Waals surface area contributed by atoms with Crippen LogP contribution in [0.5, 0.6) is 11.5 Å². The molecule has 114 valence electrons. The molecule has 4 heteroatoms. The molecule has 0 spiro atoms. The minimum absolute atomic E-state index is 0.214. The number of carbonyl (C=O) groups excluding carboxylic acids is 1. The van der Waals surface area contributed by atoms with E-state index < -0.39 is 0 Å². The second kappa shape index (κ2) is 5.96. The van der Waals surface area contributed by atoms with E-state index in [1.165, 1.54) is 6.42 Å². The lowest BCUT2D eigenvalue weighted by molar-refractivity contribution is -0.136. The third-order valence-electron chi connectivity index (χ3n) is 4.44. The number of benzene rings is 1. The number of nitrogens with zero attached hydrogens (tertiary/aromatic N) is 1. The van der Waals surface area contributed by atoms with E-state index in [-0.39, 0.29) is 5.91 Å². The zero-order valence-electron chi connectivity index (χ0n) is 12.8. The summed E-state index contributed by atoms with van der Waals surface area (Å²) in [6.07, 6.45) is 3.87. The van der Waals surface area contributed by atoms with Crippen LogP contribution in [0.3, 0.4) is 0 Å². The largest absolute Gasteiger partial charge is 0.486 e. The SMILES string of the molecule is CC1CCC[C@H](C)N1C(=O)Cc1ccc2c(c1)OCCO2. The van der Waals surface area contributed by atoms with Crippen molar-refractivity contribution in [1.29, 1.82) is 0 Å². The van der Waals surface area contributed by atoms with Crippen LogP contribution >= 0.6 is 0 Å². The molecule has 0 aliphatic carbocycles. The lowest BCUT2D eigenvalue weighted by Gasteiger charge is -2.39. The molecule has 4 nitrogen and oxygen atoms in total. The van der Waals surface area contributed by atoms with E-state index in [1.807, 2.05) is 18.2 Å². The number of hydrogen-bond donors (Lipinski definition) is 0. The van der Waals surface area contributed by atoms with Crippen LogP contribution in [0.15, 0.2) is 18.2 Å². The number of piperidine rings is 1. The number of hydrogen-bond acceptors (Lipinski definition) is 3. The summed E-state index contributed by atoms with van der Waals surface area (Å²) in [7, 11) is 0. The molecule has 3 rings (SSSR count). The smallest absolute Gasteiger partial charge is 0.227 e. The Morgan fingerprint density at radius 3 is 2.52 bits per heavy atom. The Kier molecular flexibility index (Phi) is 4.04. The molecule has 0 bridgehead atoms. The van der Waals surface area contributed by atoms with E-state index in [0.29, 0.717) is 31.7 Å². The summed E-state index contributed by atoms with van der Waals surface area (Å²) in [5.74, 6) is 1.75. The van der Waals surface area contributed by atoms with Crippen LogP contribution in [0.25, 0.3) is 0 Å². The van der Waals surface area contributed by atoms with Crippen LogP contribution in [0, 0.1) is 0 Å². The fraction of sp³-hybridized carbons (Fsp3) is 0.588. The second-order valence-electron chi connectivity index (χ2n) is 6.08. The molecule has 1 aromatic rings. The van der Waals surface area contributed by atoms with Crippen LogP contribution in [0.1, 0.15) is 38.7 Å². The molecular formula is C17H23NO3. The van der Waals surface area contributed by atoms with Crippen LogP contribution in [0.4, 0.5) is 0 Å². The topological polar surface area (TPSA) is 38.8 Å². The van der Waals surface area contributed by atoms with Crippen molar-refractivity contribution in [2.45, 2.75) is 51.6 Å². The second-order valence-corrected chi connectivity index (χ2v) is 6.08. The summed E-state index contributed by atoms with van der Waals surface area (Å²) in [5.41, 5.74) is 0.995. The molecule has 1 aromatic carbocycles. The molecule has 0 aromatic heterocycles. The fourth-order valence-corrected chi connectivity index (χ4v) is 3.38. The Morgan fingerprint density at radius 2 is 1.81 bits per heavy atom.